The maximum absolute atomic E-state index is 12.9. The zero-order valence-corrected chi connectivity index (χ0v) is 12.4. The molecule has 0 bridgehead atoms. The number of rotatable bonds is 4. The van der Waals surface area contributed by atoms with Crippen LogP contribution in [0.25, 0.3) is 11.4 Å². The first-order chi connectivity index (χ1) is 10.1. The fourth-order valence-electron chi connectivity index (χ4n) is 2.50. The summed E-state index contributed by atoms with van der Waals surface area (Å²) in [4.78, 5) is 17.2. The molecule has 6 nitrogen and oxygen atoms in total. The van der Waals surface area contributed by atoms with Crippen molar-refractivity contribution >= 4 is 18.4 Å². The zero-order valence-electron chi connectivity index (χ0n) is 11.6. The molecule has 1 aromatic carbocycles. The molecule has 8 heteroatoms. The first-order valence-electron chi connectivity index (χ1n) is 6.69. The Morgan fingerprint density at radius 3 is 2.82 bits per heavy atom. The average molecular weight is 328 g/mol. The van der Waals surface area contributed by atoms with Gasteiger partial charge in [-0.25, -0.2) is 4.39 Å². The molecule has 22 heavy (non-hydrogen) atoms. The molecular weight excluding hydrogens is 313 g/mol. The fourth-order valence-corrected chi connectivity index (χ4v) is 2.50. The van der Waals surface area contributed by atoms with Crippen molar-refractivity contribution in [1.82, 2.24) is 15.0 Å². The van der Waals surface area contributed by atoms with Gasteiger partial charge in [-0.05, 0) is 43.7 Å². The molecule has 0 spiro atoms. The molecule has 2 aromatic rings. The Kier molecular flexibility index (Phi) is 5.10. The third kappa shape index (κ3) is 3.42. The lowest BCUT2D eigenvalue weighted by molar-refractivity contribution is -0.142. The van der Waals surface area contributed by atoms with E-state index in [1.807, 2.05) is 4.90 Å². The molecule has 0 amide bonds. The second-order valence-corrected chi connectivity index (χ2v) is 4.99. The van der Waals surface area contributed by atoms with E-state index in [2.05, 4.69) is 10.1 Å². The quantitative estimate of drug-likeness (QED) is 0.928. The van der Waals surface area contributed by atoms with Crippen LogP contribution in [0.2, 0.25) is 0 Å². The van der Waals surface area contributed by atoms with Crippen molar-refractivity contribution in [2.75, 3.05) is 6.54 Å². The average Bonchev–Trinajstić information content (AvgIpc) is 3.09. The third-order valence-electron chi connectivity index (χ3n) is 3.56. The summed E-state index contributed by atoms with van der Waals surface area (Å²) in [6.07, 6.45) is 1.48. The van der Waals surface area contributed by atoms with Gasteiger partial charge in [0.05, 0.1) is 6.54 Å². The summed E-state index contributed by atoms with van der Waals surface area (Å²) in [5, 5.41) is 13.0. The molecule has 1 fully saturated rings. The van der Waals surface area contributed by atoms with Gasteiger partial charge in [-0.1, -0.05) is 5.16 Å². The van der Waals surface area contributed by atoms with Gasteiger partial charge in [-0.3, -0.25) is 9.69 Å². The highest BCUT2D eigenvalue weighted by atomic mass is 35.5. The largest absolute Gasteiger partial charge is 0.480 e. The summed E-state index contributed by atoms with van der Waals surface area (Å²) in [5.74, 6) is -0.423. The van der Waals surface area contributed by atoms with E-state index < -0.39 is 12.0 Å². The van der Waals surface area contributed by atoms with Crippen LogP contribution in [0.1, 0.15) is 18.7 Å². The van der Waals surface area contributed by atoms with E-state index in [1.54, 1.807) is 12.1 Å². The van der Waals surface area contributed by atoms with Crippen LogP contribution >= 0.6 is 12.4 Å². The highest BCUT2D eigenvalue weighted by molar-refractivity contribution is 5.85. The first-order valence-corrected chi connectivity index (χ1v) is 6.69. The number of hydrogen-bond donors (Lipinski definition) is 1. The molecule has 1 unspecified atom stereocenters. The molecule has 2 heterocycles. The SMILES string of the molecule is Cl.O=C(O)C1CCCN1Cc1nc(-c2ccc(F)cc2)no1. The van der Waals surface area contributed by atoms with Crippen LogP contribution in [0.5, 0.6) is 0 Å². The molecule has 118 valence electrons. The molecule has 1 aliphatic heterocycles. The standard InChI is InChI=1S/C14H14FN3O3.ClH/c15-10-5-3-9(4-6-10)13-16-12(21-17-13)8-18-7-1-2-11(18)14(19)20;/h3-6,11H,1-2,7-8H2,(H,19,20);1H. The smallest absolute Gasteiger partial charge is 0.320 e. The number of nitrogens with zero attached hydrogens (tertiary/aromatic N) is 3. The van der Waals surface area contributed by atoms with E-state index in [4.69, 9.17) is 9.63 Å². The number of halogens is 2. The van der Waals surface area contributed by atoms with E-state index >= 15 is 0 Å². The molecule has 1 aromatic heterocycles. The van der Waals surface area contributed by atoms with Crippen molar-refractivity contribution in [3.8, 4) is 11.4 Å². The number of carbonyl (C=O) groups is 1. The van der Waals surface area contributed by atoms with Gasteiger partial charge in [0.15, 0.2) is 0 Å². The van der Waals surface area contributed by atoms with Gasteiger partial charge < -0.3 is 9.63 Å². The number of likely N-dealkylation sites (tertiary alicyclic amines) is 1. The summed E-state index contributed by atoms with van der Waals surface area (Å²) >= 11 is 0. The van der Waals surface area contributed by atoms with Gasteiger partial charge in [0.2, 0.25) is 11.7 Å². The molecule has 1 N–H and O–H groups in total. The Morgan fingerprint density at radius 1 is 1.41 bits per heavy atom. The van der Waals surface area contributed by atoms with Crippen molar-refractivity contribution < 1.29 is 18.8 Å². The van der Waals surface area contributed by atoms with E-state index in [0.29, 0.717) is 36.8 Å². The van der Waals surface area contributed by atoms with E-state index in [0.717, 1.165) is 6.42 Å². The van der Waals surface area contributed by atoms with Crippen LogP contribution in [0.15, 0.2) is 28.8 Å². The number of hydrogen-bond acceptors (Lipinski definition) is 5. The lowest BCUT2D eigenvalue weighted by Gasteiger charge is -2.18. The fraction of sp³-hybridized carbons (Fsp3) is 0.357. The van der Waals surface area contributed by atoms with Crippen molar-refractivity contribution in [2.24, 2.45) is 0 Å². The van der Waals surface area contributed by atoms with Gasteiger partial charge in [-0.15, -0.1) is 12.4 Å². The minimum Gasteiger partial charge on any atom is -0.480 e. The maximum Gasteiger partial charge on any atom is 0.320 e. The van der Waals surface area contributed by atoms with Crippen molar-refractivity contribution in [1.29, 1.82) is 0 Å². The molecule has 0 aliphatic carbocycles. The second-order valence-electron chi connectivity index (χ2n) is 4.99. The van der Waals surface area contributed by atoms with Gasteiger partial charge in [0.25, 0.3) is 0 Å². The molecule has 1 atom stereocenters. The molecule has 0 radical (unpaired) electrons. The number of carboxylic acids is 1. The summed E-state index contributed by atoms with van der Waals surface area (Å²) in [7, 11) is 0. The van der Waals surface area contributed by atoms with Crippen LogP contribution in [0.4, 0.5) is 4.39 Å². The van der Waals surface area contributed by atoms with Crippen molar-refractivity contribution in [3.63, 3.8) is 0 Å². The van der Waals surface area contributed by atoms with Crippen LogP contribution in [0, 0.1) is 5.82 Å². The highest BCUT2D eigenvalue weighted by Gasteiger charge is 2.31. The Hall–Kier alpha value is -1.99. The molecule has 3 rings (SSSR count). The maximum atomic E-state index is 12.9. The zero-order chi connectivity index (χ0) is 14.8. The number of aromatic nitrogens is 2. The number of carboxylic acid groups (broad SMARTS) is 1. The lowest BCUT2D eigenvalue weighted by atomic mass is 10.2. The Bertz CT molecular complexity index is 647. The molecular formula is C14H15ClFN3O3. The predicted molar refractivity (Wildman–Crippen MR) is 78.0 cm³/mol. The van der Waals surface area contributed by atoms with Crippen molar-refractivity contribution in [2.45, 2.75) is 25.4 Å². The van der Waals surface area contributed by atoms with Crippen LogP contribution in [0.3, 0.4) is 0 Å². The van der Waals surface area contributed by atoms with Crippen LogP contribution < -0.4 is 0 Å². The third-order valence-corrected chi connectivity index (χ3v) is 3.56. The van der Waals surface area contributed by atoms with E-state index in [-0.39, 0.29) is 18.2 Å². The van der Waals surface area contributed by atoms with Crippen LogP contribution in [-0.2, 0) is 11.3 Å². The van der Waals surface area contributed by atoms with Gasteiger partial charge in [0, 0.05) is 5.56 Å². The Morgan fingerprint density at radius 2 is 2.14 bits per heavy atom. The summed E-state index contributed by atoms with van der Waals surface area (Å²) in [5.41, 5.74) is 0.655. The normalized spacial score (nSPS) is 18.1. The van der Waals surface area contributed by atoms with E-state index in [9.17, 15) is 9.18 Å². The Balaban J connectivity index is 0.00000176. The number of aliphatic carboxylic acids is 1. The summed E-state index contributed by atoms with van der Waals surface area (Å²) in [6.45, 7) is 1.01. The predicted octanol–water partition coefficient (Wildman–Crippen LogP) is 2.35. The monoisotopic (exact) mass is 327 g/mol. The van der Waals surface area contributed by atoms with E-state index in [1.165, 1.54) is 12.1 Å². The van der Waals surface area contributed by atoms with Gasteiger partial charge >= 0.3 is 5.97 Å². The topological polar surface area (TPSA) is 79.5 Å². The highest BCUT2D eigenvalue weighted by Crippen LogP contribution is 2.21. The summed E-state index contributed by atoms with van der Waals surface area (Å²) in [6, 6.07) is 5.30. The van der Waals surface area contributed by atoms with Gasteiger partial charge in [0.1, 0.15) is 11.9 Å². The minimum absolute atomic E-state index is 0. The van der Waals surface area contributed by atoms with Crippen LogP contribution in [-0.4, -0.2) is 38.7 Å². The lowest BCUT2D eigenvalue weighted by Crippen LogP contribution is -2.35. The van der Waals surface area contributed by atoms with Crippen molar-refractivity contribution in [3.05, 3.63) is 36.0 Å². The number of benzene rings is 1. The molecule has 0 saturated carbocycles. The minimum atomic E-state index is -0.828. The van der Waals surface area contributed by atoms with Gasteiger partial charge in [-0.2, -0.15) is 4.98 Å². The second kappa shape index (κ2) is 6.85. The summed E-state index contributed by atoms with van der Waals surface area (Å²) < 4.78 is 18.0. The Labute approximate surface area is 132 Å². The first kappa shape index (κ1) is 16.4. The molecule has 1 aliphatic rings. The molecule has 1 saturated heterocycles.